The molecule has 0 unspecified atom stereocenters. The minimum absolute atomic E-state index is 0.104. The number of rotatable bonds is 8. The van der Waals surface area contributed by atoms with Crippen LogP contribution >= 0.6 is 0 Å². The summed E-state index contributed by atoms with van der Waals surface area (Å²) in [5.41, 5.74) is 0.793. The SMILES string of the molecule is CC(C)CNC(=O)COc1cc(F)cc(CNC(C)C)c1. The fraction of sp³-hybridized carbons (Fsp3) is 0.562. The topological polar surface area (TPSA) is 50.4 Å². The second-order valence-corrected chi connectivity index (χ2v) is 5.82. The Hall–Kier alpha value is -1.62. The molecule has 0 aromatic heterocycles. The molecule has 0 spiro atoms. The fourth-order valence-electron chi connectivity index (χ4n) is 1.65. The van der Waals surface area contributed by atoms with Gasteiger partial charge >= 0.3 is 0 Å². The van der Waals surface area contributed by atoms with Crippen molar-refractivity contribution in [1.29, 1.82) is 0 Å². The zero-order valence-electron chi connectivity index (χ0n) is 13.2. The van der Waals surface area contributed by atoms with Crippen molar-refractivity contribution in [2.24, 2.45) is 5.92 Å². The van der Waals surface area contributed by atoms with Gasteiger partial charge in [0.15, 0.2) is 6.61 Å². The largest absolute Gasteiger partial charge is 0.484 e. The first-order valence-corrected chi connectivity index (χ1v) is 7.29. The molecule has 0 aliphatic rings. The Kier molecular flexibility index (Phi) is 7.15. The number of ether oxygens (including phenoxy) is 1. The molecule has 5 heteroatoms. The van der Waals surface area contributed by atoms with Crippen LogP contribution in [0.5, 0.6) is 5.75 Å². The average molecular weight is 296 g/mol. The van der Waals surface area contributed by atoms with Crippen LogP contribution < -0.4 is 15.4 Å². The van der Waals surface area contributed by atoms with Crippen molar-refractivity contribution in [1.82, 2.24) is 10.6 Å². The van der Waals surface area contributed by atoms with Crippen LogP contribution in [-0.4, -0.2) is 25.1 Å². The summed E-state index contributed by atoms with van der Waals surface area (Å²) in [5, 5.41) is 5.96. The lowest BCUT2D eigenvalue weighted by Gasteiger charge is -2.12. The zero-order chi connectivity index (χ0) is 15.8. The van der Waals surface area contributed by atoms with E-state index in [9.17, 15) is 9.18 Å². The molecule has 0 aliphatic heterocycles. The fourth-order valence-corrected chi connectivity index (χ4v) is 1.65. The zero-order valence-corrected chi connectivity index (χ0v) is 13.2. The lowest BCUT2D eigenvalue weighted by Crippen LogP contribution is -2.31. The molecule has 0 heterocycles. The van der Waals surface area contributed by atoms with Gasteiger partial charge in [-0.05, 0) is 23.6 Å². The number of nitrogens with one attached hydrogen (secondary N) is 2. The van der Waals surface area contributed by atoms with Crippen LogP contribution in [0.4, 0.5) is 4.39 Å². The summed E-state index contributed by atoms with van der Waals surface area (Å²) in [7, 11) is 0. The molecule has 0 atom stereocenters. The van der Waals surface area contributed by atoms with Crippen molar-refractivity contribution in [2.75, 3.05) is 13.2 Å². The Labute approximate surface area is 126 Å². The predicted octanol–water partition coefficient (Wildman–Crippen LogP) is 2.47. The molecule has 2 N–H and O–H groups in total. The first-order valence-electron chi connectivity index (χ1n) is 7.29. The van der Waals surface area contributed by atoms with Crippen LogP contribution in [0.15, 0.2) is 18.2 Å². The standard InChI is InChI=1S/C16H25FN2O2/c1-11(2)8-19-16(20)10-21-15-6-13(5-14(17)7-15)9-18-12(3)4/h5-7,11-12,18H,8-10H2,1-4H3,(H,19,20). The van der Waals surface area contributed by atoms with Gasteiger partial charge in [-0.2, -0.15) is 0 Å². The smallest absolute Gasteiger partial charge is 0.257 e. The monoisotopic (exact) mass is 296 g/mol. The normalized spacial score (nSPS) is 11.0. The van der Waals surface area contributed by atoms with Gasteiger partial charge in [0.1, 0.15) is 11.6 Å². The van der Waals surface area contributed by atoms with E-state index in [1.165, 1.54) is 12.1 Å². The molecule has 0 radical (unpaired) electrons. The first kappa shape index (κ1) is 17.4. The Bertz CT molecular complexity index is 462. The highest BCUT2D eigenvalue weighted by Gasteiger charge is 2.06. The van der Waals surface area contributed by atoms with E-state index >= 15 is 0 Å². The van der Waals surface area contributed by atoms with Gasteiger partial charge in [0.2, 0.25) is 0 Å². The molecular weight excluding hydrogens is 271 g/mol. The third-order valence-electron chi connectivity index (χ3n) is 2.72. The number of amides is 1. The molecule has 0 bridgehead atoms. The van der Waals surface area contributed by atoms with Gasteiger partial charge in [-0.25, -0.2) is 4.39 Å². The highest BCUT2D eigenvalue weighted by molar-refractivity contribution is 5.77. The summed E-state index contributed by atoms with van der Waals surface area (Å²) >= 11 is 0. The number of hydrogen-bond acceptors (Lipinski definition) is 3. The van der Waals surface area contributed by atoms with E-state index in [-0.39, 0.29) is 18.3 Å². The minimum atomic E-state index is -0.365. The van der Waals surface area contributed by atoms with Crippen molar-refractivity contribution in [2.45, 2.75) is 40.3 Å². The Morgan fingerprint density at radius 1 is 1.24 bits per heavy atom. The molecule has 0 saturated carbocycles. The van der Waals surface area contributed by atoms with Gasteiger partial charge in [0.05, 0.1) is 0 Å². The lowest BCUT2D eigenvalue weighted by atomic mass is 10.2. The van der Waals surface area contributed by atoms with Crippen molar-refractivity contribution in [3.63, 3.8) is 0 Å². The van der Waals surface area contributed by atoms with Crippen molar-refractivity contribution in [3.8, 4) is 5.75 Å². The molecule has 1 amide bonds. The van der Waals surface area contributed by atoms with E-state index in [4.69, 9.17) is 4.74 Å². The number of halogens is 1. The first-order chi connectivity index (χ1) is 9.86. The van der Waals surface area contributed by atoms with Crippen LogP contribution in [-0.2, 0) is 11.3 Å². The maximum absolute atomic E-state index is 13.5. The lowest BCUT2D eigenvalue weighted by molar-refractivity contribution is -0.123. The second kappa shape index (κ2) is 8.62. The van der Waals surface area contributed by atoms with Crippen molar-refractivity contribution in [3.05, 3.63) is 29.6 Å². The quantitative estimate of drug-likeness (QED) is 0.775. The van der Waals surface area contributed by atoms with Crippen LogP contribution in [0.3, 0.4) is 0 Å². The summed E-state index contributed by atoms with van der Waals surface area (Å²) < 4.78 is 18.9. The van der Waals surface area contributed by atoms with Gasteiger partial charge in [-0.1, -0.05) is 27.7 Å². The molecule has 1 aromatic carbocycles. The number of benzene rings is 1. The summed E-state index contributed by atoms with van der Waals surface area (Å²) in [6.07, 6.45) is 0. The van der Waals surface area contributed by atoms with Gasteiger partial charge in [-0.3, -0.25) is 4.79 Å². The van der Waals surface area contributed by atoms with Crippen molar-refractivity contribution >= 4 is 5.91 Å². The number of carbonyl (C=O) groups is 1. The maximum Gasteiger partial charge on any atom is 0.257 e. The molecule has 0 fully saturated rings. The highest BCUT2D eigenvalue weighted by atomic mass is 19.1. The van der Waals surface area contributed by atoms with E-state index < -0.39 is 0 Å². The molecule has 0 aliphatic carbocycles. The van der Waals surface area contributed by atoms with E-state index in [0.29, 0.717) is 30.8 Å². The summed E-state index contributed by atoms with van der Waals surface area (Å²) in [4.78, 5) is 11.6. The number of carbonyl (C=O) groups excluding carboxylic acids is 1. The highest BCUT2D eigenvalue weighted by Crippen LogP contribution is 2.16. The van der Waals surface area contributed by atoms with Crippen LogP contribution in [0, 0.1) is 11.7 Å². The summed E-state index contributed by atoms with van der Waals surface area (Å²) in [5.74, 6) is 0.192. The molecular formula is C16H25FN2O2. The minimum Gasteiger partial charge on any atom is -0.484 e. The molecule has 118 valence electrons. The van der Waals surface area contributed by atoms with Crippen molar-refractivity contribution < 1.29 is 13.9 Å². The van der Waals surface area contributed by atoms with E-state index in [1.807, 2.05) is 27.7 Å². The second-order valence-electron chi connectivity index (χ2n) is 5.82. The Morgan fingerprint density at radius 3 is 2.57 bits per heavy atom. The van der Waals surface area contributed by atoms with E-state index in [0.717, 1.165) is 5.56 Å². The van der Waals surface area contributed by atoms with Gasteiger partial charge in [-0.15, -0.1) is 0 Å². The van der Waals surface area contributed by atoms with E-state index in [2.05, 4.69) is 10.6 Å². The van der Waals surface area contributed by atoms with E-state index in [1.54, 1.807) is 6.07 Å². The molecule has 0 saturated heterocycles. The summed E-state index contributed by atoms with van der Waals surface area (Å²) in [6.45, 7) is 9.14. The van der Waals surface area contributed by atoms with Crippen LogP contribution in [0.1, 0.15) is 33.3 Å². The van der Waals surface area contributed by atoms with Gasteiger partial charge in [0.25, 0.3) is 5.91 Å². The average Bonchev–Trinajstić information content (AvgIpc) is 2.40. The Morgan fingerprint density at radius 2 is 1.95 bits per heavy atom. The van der Waals surface area contributed by atoms with Crippen LogP contribution in [0.25, 0.3) is 0 Å². The maximum atomic E-state index is 13.5. The Balaban J connectivity index is 2.52. The van der Waals surface area contributed by atoms with Gasteiger partial charge < -0.3 is 15.4 Å². The molecule has 1 rings (SSSR count). The predicted molar refractivity (Wildman–Crippen MR) is 81.7 cm³/mol. The summed E-state index contributed by atoms with van der Waals surface area (Å²) in [6, 6.07) is 4.81. The number of hydrogen-bond donors (Lipinski definition) is 2. The van der Waals surface area contributed by atoms with Crippen LogP contribution in [0.2, 0.25) is 0 Å². The third-order valence-corrected chi connectivity index (χ3v) is 2.72. The molecule has 4 nitrogen and oxygen atoms in total. The molecule has 1 aromatic rings. The van der Waals surface area contributed by atoms with Gasteiger partial charge in [0, 0.05) is 25.2 Å². The third kappa shape index (κ3) is 7.66. The molecule has 21 heavy (non-hydrogen) atoms.